The molecule has 1 aromatic rings. The van der Waals surface area contributed by atoms with Crippen LogP contribution in [0.1, 0.15) is 40.0 Å². The van der Waals surface area contributed by atoms with Crippen molar-refractivity contribution in [1.29, 1.82) is 0 Å². The van der Waals surface area contributed by atoms with E-state index in [4.69, 9.17) is 5.73 Å². The van der Waals surface area contributed by atoms with E-state index in [0.29, 0.717) is 13.0 Å². The van der Waals surface area contributed by atoms with E-state index in [-0.39, 0.29) is 23.1 Å². The van der Waals surface area contributed by atoms with Gasteiger partial charge >= 0.3 is 0 Å². The second kappa shape index (κ2) is 4.63. The number of halogens is 2. The summed E-state index contributed by atoms with van der Waals surface area (Å²) in [6.45, 7) is 0.390. The molecule has 1 fully saturated rings. The Morgan fingerprint density at radius 1 is 1.10 bits per heavy atom. The summed E-state index contributed by atoms with van der Waals surface area (Å²) in [6.07, 6.45) is 2.44. The summed E-state index contributed by atoms with van der Waals surface area (Å²) < 4.78 is 26.5. The number of nitrogens with two attached hydrogens (primary N) is 1. The van der Waals surface area contributed by atoms with Crippen molar-refractivity contribution in [2.75, 3.05) is 6.54 Å². The van der Waals surface area contributed by atoms with Gasteiger partial charge in [-0.1, -0.05) is 6.42 Å². The lowest BCUT2D eigenvalue weighted by atomic mass is 10.0. The van der Waals surface area contributed by atoms with Crippen LogP contribution in [-0.2, 0) is 0 Å². The summed E-state index contributed by atoms with van der Waals surface area (Å²) in [7, 11) is 0. The summed E-state index contributed by atoms with van der Waals surface area (Å²) in [5, 5.41) is 0. The number of fused-ring (bicyclic) bond motifs is 1. The predicted octanol–water partition coefficient (Wildman–Crippen LogP) is 1.69. The number of nitrogens with zero attached hydrogens (tertiary/aromatic N) is 1. The Kier molecular flexibility index (Phi) is 3.05. The van der Waals surface area contributed by atoms with E-state index < -0.39 is 23.4 Å². The Balaban J connectivity index is 2.01. The van der Waals surface area contributed by atoms with Gasteiger partial charge in [0, 0.05) is 6.04 Å². The molecular formula is C14H14F2N2O2. The monoisotopic (exact) mass is 280 g/mol. The molecule has 0 aromatic heterocycles. The molecule has 0 saturated heterocycles. The van der Waals surface area contributed by atoms with Crippen LogP contribution in [0.15, 0.2) is 12.1 Å². The van der Waals surface area contributed by atoms with Crippen LogP contribution in [0.5, 0.6) is 0 Å². The maximum absolute atomic E-state index is 13.2. The topological polar surface area (TPSA) is 63.4 Å². The molecule has 6 heteroatoms. The van der Waals surface area contributed by atoms with Gasteiger partial charge < -0.3 is 5.73 Å². The van der Waals surface area contributed by atoms with E-state index in [2.05, 4.69) is 0 Å². The second-order valence-corrected chi connectivity index (χ2v) is 5.29. The SMILES string of the molecule is NCC1CCCC1N1C(=O)c2cc(F)c(F)cc2C1=O. The van der Waals surface area contributed by atoms with E-state index in [1.54, 1.807) is 0 Å². The smallest absolute Gasteiger partial charge is 0.261 e. The van der Waals surface area contributed by atoms with Crippen molar-refractivity contribution in [1.82, 2.24) is 4.90 Å². The lowest BCUT2D eigenvalue weighted by Gasteiger charge is -2.27. The van der Waals surface area contributed by atoms with Crippen molar-refractivity contribution >= 4 is 11.8 Å². The van der Waals surface area contributed by atoms with Crippen LogP contribution in [0.4, 0.5) is 8.78 Å². The van der Waals surface area contributed by atoms with E-state index in [1.807, 2.05) is 0 Å². The first-order chi connectivity index (χ1) is 9.54. The lowest BCUT2D eigenvalue weighted by Crippen LogP contribution is -2.43. The van der Waals surface area contributed by atoms with Gasteiger partial charge in [0.15, 0.2) is 11.6 Å². The van der Waals surface area contributed by atoms with Gasteiger partial charge in [0.2, 0.25) is 0 Å². The highest BCUT2D eigenvalue weighted by Crippen LogP contribution is 2.35. The Morgan fingerprint density at radius 3 is 2.15 bits per heavy atom. The normalized spacial score (nSPS) is 25.4. The molecule has 0 bridgehead atoms. The van der Waals surface area contributed by atoms with Crippen LogP contribution >= 0.6 is 0 Å². The Labute approximate surface area is 114 Å². The minimum atomic E-state index is -1.12. The molecule has 0 radical (unpaired) electrons. The molecule has 4 nitrogen and oxygen atoms in total. The minimum Gasteiger partial charge on any atom is -0.330 e. The second-order valence-electron chi connectivity index (χ2n) is 5.29. The van der Waals surface area contributed by atoms with Crippen molar-refractivity contribution in [3.63, 3.8) is 0 Å². The van der Waals surface area contributed by atoms with Crippen LogP contribution in [0.2, 0.25) is 0 Å². The number of amides is 2. The number of carbonyl (C=O) groups excluding carboxylic acids is 2. The molecule has 3 rings (SSSR count). The third kappa shape index (κ3) is 1.75. The largest absolute Gasteiger partial charge is 0.330 e. The van der Waals surface area contributed by atoms with Crippen LogP contribution in [-0.4, -0.2) is 29.3 Å². The molecule has 2 unspecified atom stereocenters. The first kappa shape index (κ1) is 13.2. The summed E-state index contributed by atoms with van der Waals surface area (Å²) in [4.78, 5) is 25.7. The zero-order valence-electron chi connectivity index (χ0n) is 10.7. The molecule has 2 amide bonds. The van der Waals surface area contributed by atoms with Crippen molar-refractivity contribution in [2.45, 2.75) is 25.3 Å². The number of rotatable bonds is 2. The Morgan fingerprint density at radius 2 is 1.65 bits per heavy atom. The van der Waals surface area contributed by atoms with E-state index in [9.17, 15) is 18.4 Å². The lowest BCUT2D eigenvalue weighted by molar-refractivity contribution is 0.0551. The highest BCUT2D eigenvalue weighted by molar-refractivity contribution is 6.21. The molecule has 2 N–H and O–H groups in total. The molecule has 1 aliphatic carbocycles. The van der Waals surface area contributed by atoms with E-state index in [1.165, 1.54) is 0 Å². The Hall–Kier alpha value is -1.82. The summed E-state index contributed by atoms with van der Waals surface area (Å²) in [6, 6.07) is 1.34. The summed E-state index contributed by atoms with van der Waals surface area (Å²) in [5.74, 6) is -3.27. The van der Waals surface area contributed by atoms with Gasteiger partial charge in [-0.2, -0.15) is 0 Å². The molecule has 2 atom stereocenters. The molecule has 20 heavy (non-hydrogen) atoms. The molecule has 1 aliphatic heterocycles. The standard InChI is InChI=1S/C14H14F2N2O2/c15-10-4-8-9(5-11(10)16)14(20)18(13(8)19)12-3-1-2-7(12)6-17/h4-5,7,12H,1-3,6,17H2. The summed E-state index contributed by atoms with van der Waals surface area (Å²) in [5.41, 5.74) is 5.55. The van der Waals surface area contributed by atoms with Crippen molar-refractivity contribution < 1.29 is 18.4 Å². The first-order valence-electron chi connectivity index (χ1n) is 6.61. The number of carbonyl (C=O) groups is 2. The fraction of sp³-hybridized carbons (Fsp3) is 0.429. The van der Waals surface area contributed by atoms with Crippen LogP contribution in [0.3, 0.4) is 0 Å². The third-order valence-electron chi connectivity index (χ3n) is 4.21. The predicted molar refractivity (Wildman–Crippen MR) is 67.0 cm³/mol. The average molecular weight is 280 g/mol. The molecule has 0 spiro atoms. The number of imide groups is 1. The molecule has 2 aliphatic rings. The molecular weight excluding hydrogens is 266 g/mol. The van der Waals surface area contributed by atoms with E-state index in [0.717, 1.165) is 29.9 Å². The maximum atomic E-state index is 13.2. The van der Waals surface area contributed by atoms with Gasteiger partial charge in [0.1, 0.15) is 0 Å². The van der Waals surface area contributed by atoms with Gasteiger partial charge in [-0.3, -0.25) is 14.5 Å². The molecule has 1 saturated carbocycles. The number of benzene rings is 1. The Bertz CT molecular complexity index is 562. The zero-order valence-corrected chi connectivity index (χ0v) is 10.7. The van der Waals surface area contributed by atoms with Gasteiger partial charge in [-0.15, -0.1) is 0 Å². The maximum Gasteiger partial charge on any atom is 0.261 e. The first-order valence-corrected chi connectivity index (χ1v) is 6.61. The van der Waals surface area contributed by atoms with Crippen molar-refractivity contribution in [2.24, 2.45) is 11.7 Å². The highest BCUT2D eigenvalue weighted by Gasteiger charge is 2.44. The summed E-state index contributed by atoms with van der Waals surface area (Å²) >= 11 is 0. The third-order valence-corrected chi connectivity index (χ3v) is 4.21. The van der Waals surface area contributed by atoms with Crippen LogP contribution < -0.4 is 5.73 Å². The van der Waals surface area contributed by atoms with Gasteiger partial charge in [-0.25, -0.2) is 8.78 Å². The van der Waals surface area contributed by atoms with Crippen LogP contribution in [0, 0.1) is 17.6 Å². The average Bonchev–Trinajstić information content (AvgIpc) is 2.96. The molecule has 1 aromatic carbocycles. The molecule has 1 heterocycles. The van der Waals surface area contributed by atoms with Crippen molar-refractivity contribution in [3.8, 4) is 0 Å². The van der Waals surface area contributed by atoms with Crippen molar-refractivity contribution in [3.05, 3.63) is 34.9 Å². The van der Waals surface area contributed by atoms with Crippen LogP contribution in [0.25, 0.3) is 0 Å². The van der Waals surface area contributed by atoms with E-state index >= 15 is 0 Å². The number of hydrogen-bond donors (Lipinski definition) is 1. The van der Waals surface area contributed by atoms with Gasteiger partial charge in [0.05, 0.1) is 11.1 Å². The fourth-order valence-corrected chi connectivity index (χ4v) is 3.19. The zero-order chi connectivity index (χ0) is 14.4. The molecule has 106 valence electrons. The van der Waals surface area contributed by atoms with Gasteiger partial charge in [-0.05, 0) is 37.4 Å². The highest BCUT2D eigenvalue weighted by atomic mass is 19.2. The minimum absolute atomic E-state index is 0.0587. The quantitative estimate of drug-likeness (QED) is 0.838. The van der Waals surface area contributed by atoms with Gasteiger partial charge in [0.25, 0.3) is 11.8 Å². The number of hydrogen-bond acceptors (Lipinski definition) is 3. The fourth-order valence-electron chi connectivity index (χ4n) is 3.19.